The number of nitrogens with one attached hydrogen (secondary N) is 1. The minimum absolute atomic E-state index is 0.00750. The van der Waals surface area contributed by atoms with Gasteiger partial charge in [0.25, 0.3) is 0 Å². The fraction of sp³-hybridized carbons (Fsp3) is 0.222. The van der Waals surface area contributed by atoms with Gasteiger partial charge in [-0.05, 0) is 30.2 Å². The maximum Gasteiger partial charge on any atom is 0.142 e. The third kappa shape index (κ3) is 2.61. The van der Waals surface area contributed by atoms with E-state index in [0.29, 0.717) is 6.54 Å². The van der Waals surface area contributed by atoms with Gasteiger partial charge in [0.05, 0.1) is 11.9 Å². The Bertz CT molecular complexity index is 917. The van der Waals surface area contributed by atoms with Crippen molar-refractivity contribution in [2.24, 2.45) is 5.16 Å². The van der Waals surface area contributed by atoms with Gasteiger partial charge in [0, 0.05) is 36.2 Å². The molecule has 122 valence electrons. The second-order valence-electron chi connectivity index (χ2n) is 6.04. The van der Waals surface area contributed by atoms with Crippen LogP contribution in [0.25, 0.3) is 10.9 Å². The number of H-pyrrole nitrogens is 1. The number of rotatable bonds is 3. The lowest BCUT2D eigenvalue weighted by molar-refractivity contribution is 0.240. The van der Waals surface area contributed by atoms with Crippen molar-refractivity contribution in [3.63, 3.8) is 0 Å². The first-order chi connectivity index (χ1) is 11.7. The smallest absolute Gasteiger partial charge is 0.142 e. The second-order valence-corrected chi connectivity index (χ2v) is 6.04. The topological polar surface area (TPSA) is 84.7 Å². The molecule has 0 amide bonds. The molecule has 0 saturated heterocycles. The highest BCUT2D eigenvalue weighted by molar-refractivity contribution is 5.84. The number of pyridine rings is 1. The molecule has 3 N–H and O–H groups in total. The maximum absolute atomic E-state index is 9.70. The average Bonchev–Trinajstić information content (AvgIpc) is 2.96. The van der Waals surface area contributed by atoms with Crippen LogP contribution < -0.4 is 0 Å². The Kier molecular flexibility index (Phi) is 3.66. The van der Waals surface area contributed by atoms with Crippen molar-refractivity contribution in [1.82, 2.24) is 14.9 Å². The van der Waals surface area contributed by atoms with Gasteiger partial charge in [-0.25, -0.2) is 4.98 Å². The fourth-order valence-corrected chi connectivity index (χ4v) is 3.36. The van der Waals surface area contributed by atoms with Crippen LogP contribution in [-0.2, 0) is 19.5 Å². The lowest BCUT2D eigenvalue weighted by Gasteiger charge is -2.26. The minimum atomic E-state index is 0.00750. The van der Waals surface area contributed by atoms with Gasteiger partial charge in [-0.15, -0.1) is 0 Å². The molecule has 6 heteroatoms. The Labute approximate surface area is 139 Å². The monoisotopic (exact) mass is 322 g/mol. The summed E-state index contributed by atoms with van der Waals surface area (Å²) < 4.78 is 0. The summed E-state index contributed by atoms with van der Waals surface area (Å²) in [5, 5.41) is 22.6. The summed E-state index contributed by atoms with van der Waals surface area (Å²) >= 11 is 0. The summed E-state index contributed by atoms with van der Waals surface area (Å²) in [7, 11) is 0. The Balaban J connectivity index is 1.56. The molecule has 0 radical (unpaired) electrons. The van der Waals surface area contributed by atoms with Crippen molar-refractivity contribution in [3.05, 3.63) is 59.0 Å². The van der Waals surface area contributed by atoms with Gasteiger partial charge in [0.15, 0.2) is 0 Å². The Morgan fingerprint density at radius 3 is 3.00 bits per heavy atom. The van der Waals surface area contributed by atoms with Gasteiger partial charge in [0.1, 0.15) is 11.4 Å². The second kappa shape index (κ2) is 5.98. The predicted octanol–water partition coefficient (Wildman–Crippen LogP) is 2.63. The van der Waals surface area contributed by atoms with Crippen molar-refractivity contribution < 1.29 is 10.3 Å². The van der Waals surface area contributed by atoms with Crippen molar-refractivity contribution >= 4 is 17.1 Å². The lowest BCUT2D eigenvalue weighted by atomic mass is 10.0. The number of aromatic hydroxyl groups is 1. The molecule has 1 aliphatic rings. The van der Waals surface area contributed by atoms with E-state index in [1.54, 1.807) is 12.1 Å². The molecule has 2 aromatic heterocycles. The van der Waals surface area contributed by atoms with E-state index in [1.807, 2.05) is 6.07 Å². The number of aromatic amines is 1. The summed E-state index contributed by atoms with van der Waals surface area (Å²) in [6.07, 6.45) is 2.15. The van der Waals surface area contributed by atoms with Crippen LogP contribution in [0.4, 0.5) is 0 Å². The lowest BCUT2D eigenvalue weighted by Crippen LogP contribution is -2.30. The standard InChI is InChI=1S/C18H18N4O2/c23-18-6-5-12(20-16(18)9-19-24)10-22-8-7-14-13-3-1-2-4-15(13)21-17(14)11-22/h1-6,9,21,23-24H,7-8,10-11H2/b19-9+. The molecule has 0 atom stereocenters. The van der Waals surface area contributed by atoms with Crippen LogP contribution in [0.2, 0.25) is 0 Å². The highest BCUT2D eigenvalue weighted by Crippen LogP contribution is 2.28. The molecule has 0 saturated carbocycles. The number of hydrogen-bond donors (Lipinski definition) is 3. The number of benzene rings is 1. The summed E-state index contributed by atoms with van der Waals surface area (Å²) in [6.45, 7) is 2.48. The van der Waals surface area contributed by atoms with E-state index in [-0.39, 0.29) is 11.4 Å². The van der Waals surface area contributed by atoms with Crippen LogP contribution in [0.1, 0.15) is 22.6 Å². The fourth-order valence-electron chi connectivity index (χ4n) is 3.36. The normalized spacial score (nSPS) is 15.2. The molecule has 0 fully saturated rings. The molecule has 4 rings (SSSR count). The highest BCUT2D eigenvalue weighted by Gasteiger charge is 2.20. The van der Waals surface area contributed by atoms with E-state index in [9.17, 15) is 5.11 Å². The number of aromatic nitrogens is 2. The van der Waals surface area contributed by atoms with Gasteiger partial charge >= 0.3 is 0 Å². The SMILES string of the molecule is O/N=C/c1nc(CN2CCc3c([nH]c4ccccc34)C2)ccc1O. The van der Waals surface area contributed by atoms with Crippen molar-refractivity contribution in [1.29, 1.82) is 0 Å². The van der Waals surface area contributed by atoms with Gasteiger partial charge in [-0.3, -0.25) is 4.90 Å². The molecule has 0 spiro atoms. The molecular formula is C18H18N4O2. The van der Waals surface area contributed by atoms with Gasteiger partial charge in [0.2, 0.25) is 0 Å². The van der Waals surface area contributed by atoms with Crippen LogP contribution in [0.15, 0.2) is 41.6 Å². The zero-order valence-electron chi connectivity index (χ0n) is 13.1. The molecule has 3 heterocycles. The molecule has 0 aliphatic carbocycles. The van der Waals surface area contributed by atoms with Crippen LogP contribution in [0.3, 0.4) is 0 Å². The van der Waals surface area contributed by atoms with Crippen LogP contribution >= 0.6 is 0 Å². The summed E-state index contributed by atoms with van der Waals surface area (Å²) in [5.74, 6) is 0.00750. The number of hydrogen-bond acceptors (Lipinski definition) is 5. The largest absolute Gasteiger partial charge is 0.506 e. The summed E-state index contributed by atoms with van der Waals surface area (Å²) in [4.78, 5) is 10.2. The third-order valence-electron chi connectivity index (χ3n) is 4.49. The van der Waals surface area contributed by atoms with E-state index in [0.717, 1.165) is 31.4 Å². The van der Waals surface area contributed by atoms with Crippen LogP contribution in [0.5, 0.6) is 5.75 Å². The molecular weight excluding hydrogens is 304 g/mol. The zero-order chi connectivity index (χ0) is 16.5. The molecule has 1 aromatic carbocycles. The number of nitrogens with zero attached hydrogens (tertiary/aromatic N) is 3. The number of para-hydroxylation sites is 1. The molecule has 24 heavy (non-hydrogen) atoms. The number of oxime groups is 1. The molecule has 0 bridgehead atoms. The van der Waals surface area contributed by atoms with E-state index in [2.05, 4.69) is 38.2 Å². The van der Waals surface area contributed by atoms with Crippen LogP contribution in [0, 0.1) is 0 Å². The quantitative estimate of drug-likeness (QED) is 0.393. The van der Waals surface area contributed by atoms with E-state index < -0.39 is 0 Å². The van der Waals surface area contributed by atoms with E-state index in [4.69, 9.17) is 5.21 Å². The predicted molar refractivity (Wildman–Crippen MR) is 91.4 cm³/mol. The molecule has 3 aromatic rings. The first-order valence-electron chi connectivity index (χ1n) is 7.92. The molecule has 0 unspecified atom stereocenters. The maximum atomic E-state index is 9.70. The first kappa shape index (κ1) is 14.7. The van der Waals surface area contributed by atoms with Crippen molar-refractivity contribution in [2.75, 3.05) is 6.54 Å². The Hall–Kier alpha value is -2.86. The van der Waals surface area contributed by atoms with Crippen molar-refractivity contribution in [3.8, 4) is 5.75 Å². The van der Waals surface area contributed by atoms with Gasteiger partial charge in [-0.1, -0.05) is 23.4 Å². The number of fused-ring (bicyclic) bond motifs is 3. The first-order valence-corrected chi connectivity index (χ1v) is 7.92. The van der Waals surface area contributed by atoms with Gasteiger partial charge < -0.3 is 15.3 Å². The Morgan fingerprint density at radius 1 is 1.25 bits per heavy atom. The van der Waals surface area contributed by atoms with Gasteiger partial charge in [-0.2, -0.15) is 0 Å². The molecule has 1 aliphatic heterocycles. The Morgan fingerprint density at radius 2 is 2.12 bits per heavy atom. The van der Waals surface area contributed by atoms with E-state index >= 15 is 0 Å². The zero-order valence-corrected chi connectivity index (χ0v) is 13.1. The minimum Gasteiger partial charge on any atom is -0.506 e. The van der Waals surface area contributed by atoms with Crippen LogP contribution in [-0.4, -0.2) is 37.9 Å². The highest BCUT2D eigenvalue weighted by atomic mass is 16.4. The average molecular weight is 322 g/mol. The summed E-state index contributed by atoms with van der Waals surface area (Å²) in [6, 6.07) is 11.8. The van der Waals surface area contributed by atoms with E-state index in [1.165, 1.54) is 22.2 Å². The molecule has 6 nitrogen and oxygen atoms in total. The summed E-state index contributed by atoms with van der Waals surface area (Å²) in [5.41, 5.74) is 4.97. The van der Waals surface area contributed by atoms with Crippen molar-refractivity contribution in [2.45, 2.75) is 19.5 Å². The third-order valence-corrected chi connectivity index (χ3v) is 4.49.